The van der Waals surface area contributed by atoms with Gasteiger partial charge in [0, 0.05) is 49.0 Å². The van der Waals surface area contributed by atoms with Gasteiger partial charge in [-0.15, -0.1) is 0 Å². The van der Waals surface area contributed by atoms with E-state index in [2.05, 4.69) is 17.0 Å². The van der Waals surface area contributed by atoms with E-state index in [9.17, 15) is 22.8 Å². The number of hydrogen-bond donors (Lipinski definition) is 1. The number of alkyl halides is 3. The van der Waals surface area contributed by atoms with Gasteiger partial charge in [-0.25, -0.2) is 4.79 Å². The lowest BCUT2D eigenvalue weighted by Gasteiger charge is -2.36. The molecule has 0 bridgehead atoms. The molecule has 3 aromatic carbocycles. The maximum absolute atomic E-state index is 13.2. The number of nitrogens with zero attached hydrogens (tertiary/aromatic N) is 3. The number of benzene rings is 3. The van der Waals surface area contributed by atoms with E-state index in [0.29, 0.717) is 29.4 Å². The van der Waals surface area contributed by atoms with Crippen molar-refractivity contribution in [3.05, 3.63) is 101 Å². The van der Waals surface area contributed by atoms with Crippen LogP contribution >= 0.6 is 11.6 Å². The molecule has 1 saturated heterocycles. The van der Waals surface area contributed by atoms with E-state index < -0.39 is 12.1 Å². The summed E-state index contributed by atoms with van der Waals surface area (Å²) in [6.07, 6.45) is -5.08. The topological polar surface area (TPSA) is 81.2 Å². The van der Waals surface area contributed by atoms with Crippen molar-refractivity contribution in [1.29, 1.82) is 0 Å². The number of piperazine rings is 1. The number of anilines is 1. The molecule has 0 aromatic heterocycles. The Morgan fingerprint density at radius 3 is 1.85 bits per heavy atom. The summed E-state index contributed by atoms with van der Waals surface area (Å²) in [6.45, 7) is 3.83. The second-order valence-electron chi connectivity index (χ2n) is 8.68. The lowest BCUT2D eigenvalue weighted by Crippen LogP contribution is -2.51. The smallest absolute Gasteiger partial charge is 0.475 e. The molecule has 0 spiro atoms. The monoisotopic (exact) mass is 561 g/mol. The first-order valence-corrected chi connectivity index (χ1v) is 12.4. The van der Waals surface area contributed by atoms with Crippen molar-refractivity contribution in [2.24, 2.45) is 0 Å². The predicted molar refractivity (Wildman–Crippen MR) is 142 cm³/mol. The lowest BCUT2D eigenvalue weighted by molar-refractivity contribution is -0.192. The van der Waals surface area contributed by atoms with Crippen molar-refractivity contribution in [3.63, 3.8) is 0 Å². The number of carbonyl (C=O) groups excluding carboxylic acids is 2. The van der Waals surface area contributed by atoms with Gasteiger partial charge in [0.15, 0.2) is 0 Å². The lowest BCUT2D eigenvalue weighted by atomic mass is 10.1. The molecule has 3 aromatic rings. The number of halogens is 4. The summed E-state index contributed by atoms with van der Waals surface area (Å²) >= 11 is 5.97. The molecule has 11 heteroatoms. The molecule has 7 nitrogen and oxygen atoms in total. The highest BCUT2D eigenvalue weighted by molar-refractivity contribution is 6.30. The van der Waals surface area contributed by atoms with Crippen LogP contribution in [-0.4, -0.2) is 71.6 Å². The van der Waals surface area contributed by atoms with Crippen molar-refractivity contribution in [2.45, 2.75) is 12.7 Å². The van der Waals surface area contributed by atoms with Crippen molar-refractivity contribution in [3.8, 4) is 0 Å². The molecule has 1 aliphatic rings. The predicted octanol–water partition coefficient (Wildman–Crippen LogP) is 4.96. The van der Waals surface area contributed by atoms with Gasteiger partial charge < -0.3 is 10.0 Å². The summed E-state index contributed by atoms with van der Waals surface area (Å²) in [5.74, 6) is -3.02. The normalized spacial score (nSPS) is 13.7. The molecule has 0 aliphatic carbocycles. The molecule has 0 atom stereocenters. The minimum Gasteiger partial charge on any atom is -0.475 e. The van der Waals surface area contributed by atoms with Crippen molar-refractivity contribution >= 4 is 35.1 Å². The largest absolute Gasteiger partial charge is 0.490 e. The van der Waals surface area contributed by atoms with E-state index in [4.69, 9.17) is 21.5 Å². The summed E-state index contributed by atoms with van der Waals surface area (Å²) < 4.78 is 31.7. The van der Waals surface area contributed by atoms with Gasteiger partial charge in [-0.3, -0.25) is 19.4 Å². The van der Waals surface area contributed by atoms with E-state index in [-0.39, 0.29) is 18.4 Å². The highest BCUT2D eigenvalue weighted by Crippen LogP contribution is 2.19. The minimum atomic E-state index is -5.08. The van der Waals surface area contributed by atoms with Gasteiger partial charge in [-0.05, 0) is 42.0 Å². The molecule has 4 rings (SSSR count). The Bertz CT molecular complexity index is 1230. The third-order valence-electron chi connectivity index (χ3n) is 5.91. The maximum Gasteiger partial charge on any atom is 0.490 e. The fourth-order valence-corrected chi connectivity index (χ4v) is 3.99. The van der Waals surface area contributed by atoms with Crippen molar-refractivity contribution < 1.29 is 32.7 Å². The first-order valence-electron chi connectivity index (χ1n) is 12.0. The Labute approximate surface area is 229 Å². The first-order chi connectivity index (χ1) is 18.5. The second-order valence-corrected chi connectivity index (χ2v) is 9.12. The Morgan fingerprint density at radius 1 is 0.821 bits per heavy atom. The fraction of sp³-hybridized carbons (Fsp3) is 0.250. The van der Waals surface area contributed by atoms with Crippen LogP contribution in [0, 0.1) is 0 Å². The van der Waals surface area contributed by atoms with Gasteiger partial charge in [-0.1, -0.05) is 60.1 Å². The minimum absolute atomic E-state index is 0.00413. The number of rotatable bonds is 6. The van der Waals surface area contributed by atoms with Crippen LogP contribution < -0.4 is 4.90 Å². The van der Waals surface area contributed by atoms with Crippen LogP contribution in [0.5, 0.6) is 0 Å². The Balaban J connectivity index is 0.000000532. The summed E-state index contributed by atoms with van der Waals surface area (Å²) in [4.78, 5) is 41.0. The summed E-state index contributed by atoms with van der Waals surface area (Å²) in [7, 11) is 0. The average Bonchev–Trinajstić information content (AvgIpc) is 2.93. The van der Waals surface area contributed by atoms with E-state index in [1.165, 1.54) is 5.56 Å². The number of para-hydroxylation sites is 1. The molecule has 206 valence electrons. The molecule has 2 amide bonds. The van der Waals surface area contributed by atoms with Gasteiger partial charge in [0.25, 0.3) is 5.91 Å². The van der Waals surface area contributed by atoms with Crippen LogP contribution in [0.4, 0.5) is 18.9 Å². The molecule has 0 saturated carbocycles. The highest BCUT2D eigenvalue weighted by atomic mass is 35.5. The molecule has 1 N–H and O–H groups in total. The Morgan fingerprint density at radius 2 is 1.33 bits per heavy atom. The molecule has 1 heterocycles. The van der Waals surface area contributed by atoms with Gasteiger partial charge in [-0.2, -0.15) is 13.2 Å². The molecule has 1 fully saturated rings. The zero-order valence-electron chi connectivity index (χ0n) is 20.9. The summed E-state index contributed by atoms with van der Waals surface area (Å²) in [5, 5.41) is 7.69. The van der Waals surface area contributed by atoms with Gasteiger partial charge in [0.1, 0.15) is 6.54 Å². The van der Waals surface area contributed by atoms with Crippen molar-refractivity contribution in [2.75, 3.05) is 37.6 Å². The standard InChI is InChI=1S/C26H26ClN3O2.C2HF3O2/c27-23-13-11-22(12-14-23)26(32)30(24-9-5-2-6-10-24)20-25(31)29-17-15-28(16-18-29)19-21-7-3-1-4-8-21;3-2(4,5)1(6)7/h1-14H,15-20H2;(H,6,7). The van der Waals surface area contributed by atoms with Crippen LogP contribution in [-0.2, 0) is 16.1 Å². The number of carboxylic acid groups (broad SMARTS) is 1. The van der Waals surface area contributed by atoms with Crippen LogP contribution in [0.25, 0.3) is 0 Å². The van der Waals surface area contributed by atoms with E-state index in [1.54, 1.807) is 29.2 Å². The van der Waals surface area contributed by atoms with Gasteiger partial charge in [0.2, 0.25) is 5.91 Å². The molecular weight excluding hydrogens is 535 g/mol. The average molecular weight is 562 g/mol. The molecular formula is C28H27ClF3N3O4. The number of carbonyl (C=O) groups is 3. The van der Waals surface area contributed by atoms with Crippen LogP contribution in [0.1, 0.15) is 15.9 Å². The number of aliphatic carboxylic acids is 1. The van der Waals surface area contributed by atoms with E-state index in [1.807, 2.05) is 53.4 Å². The number of carboxylic acids is 1. The highest BCUT2D eigenvalue weighted by Gasteiger charge is 2.38. The fourth-order valence-electron chi connectivity index (χ4n) is 3.87. The number of amides is 2. The second kappa shape index (κ2) is 13.8. The summed E-state index contributed by atoms with van der Waals surface area (Å²) in [6, 6.07) is 26.4. The maximum atomic E-state index is 13.2. The third kappa shape index (κ3) is 9.12. The molecule has 0 unspecified atom stereocenters. The Kier molecular flexibility index (Phi) is 10.5. The zero-order chi connectivity index (χ0) is 28.4. The first kappa shape index (κ1) is 29.7. The van der Waals surface area contributed by atoms with Crippen molar-refractivity contribution in [1.82, 2.24) is 9.80 Å². The molecule has 1 aliphatic heterocycles. The molecule has 0 radical (unpaired) electrons. The molecule has 39 heavy (non-hydrogen) atoms. The van der Waals surface area contributed by atoms with Gasteiger partial charge in [0.05, 0.1) is 0 Å². The third-order valence-corrected chi connectivity index (χ3v) is 6.17. The van der Waals surface area contributed by atoms with E-state index >= 15 is 0 Å². The van der Waals surface area contributed by atoms with Gasteiger partial charge >= 0.3 is 12.1 Å². The SMILES string of the molecule is O=C(CN(C(=O)c1ccc(Cl)cc1)c1ccccc1)N1CCN(Cc2ccccc2)CC1.O=C(O)C(F)(F)F. The van der Waals surface area contributed by atoms with Crippen LogP contribution in [0.3, 0.4) is 0 Å². The Hall–Kier alpha value is -3.89. The van der Waals surface area contributed by atoms with Crippen LogP contribution in [0.2, 0.25) is 5.02 Å². The van der Waals surface area contributed by atoms with Crippen LogP contribution in [0.15, 0.2) is 84.9 Å². The zero-order valence-corrected chi connectivity index (χ0v) is 21.6. The summed E-state index contributed by atoms with van der Waals surface area (Å²) in [5.41, 5.74) is 2.47. The quantitative estimate of drug-likeness (QED) is 0.460. The van der Waals surface area contributed by atoms with E-state index in [0.717, 1.165) is 19.6 Å². The number of hydrogen-bond acceptors (Lipinski definition) is 4.